The molecular weight excluding hydrogens is 306 g/mol. The molecule has 0 atom stereocenters. The molecule has 5 nitrogen and oxygen atoms in total. The average molecular weight is 319 g/mol. The SMILES string of the molecule is Cc1nn(CCC#N)cc1/C=C(\C#N)c1nc2ccccc2s1. The number of rotatable bonds is 4. The number of nitriles is 2. The molecule has 0 unspecified atom stereocenters. The van der Waals surface area contributed by atoms with Gasteiger partial charge in [-0.3, -0.25) is 4.68 Å². The second-order valence-corrected chi connectivity index (χ2v) is 6.03. The first-order valence-electron chi connectivity index (χ1n) is 7.10. The number of allylic oxidation sites excluding steroid dienone is 1. The maximum absolute atomic E-state index is 9.48. The molecule has 2 aromatic heterocycles. The molecule has 0 radical (unpaired) electrons. The Labute approximate surface area is 137 Å². The third-order valence-electron chi connectivity index (χ3n) is 3.38. The Bertz CT molecular complexity index is 932. The monoisotopic (exact) mass is 319 g/mol. The lowest BCUT2D eigenvalue weighted by atomic mass is 10.2. The molecule has 2 heterocycles. The molecule has 0 spiro atoms. The van der Waals surface area contributed by atoms with E-state index in [9.17, 15) is 5.26 Å². The Morgan fingerprint density at radius 2 is 2.17 bits per heavy atom. The van der Waals surface area contributed by atoms with Gasteiger partial charge in [0, 0.05) is 11.8 Å². The molecule has 23 heavy (non-hydrogen) atoms. The van der Waals surface area contributed by atoms with Crippen LogP contribution in [0.1, 0.15) is 22.7 Å². The summed E-state index contributed by atoms with van der Waals surface area (Å²) >= 11 is 1.50. The highest BCUT2D eigenvalue weighted by atomic mass is 32.1. The van der Waals surface area contributed by atoms with Gasteiger partial charge in [0.1, 0.15) is 11.1 Å². The van der Waals surface area contributed by atoms with E-state index < -0.39 is 0 Å². The molecule has 0 saturated carbocycles. The van der Waals surface area contributed by atoms with Crippen molar-refractivity contribution in [3.05, 3.63) is 46.7 Å². The van der Waals surface area contributed by atoms with Crippen molar-refractivity contribution in [2.24, 2.45) is 0 Å². The van der Waals surface area contributed by atoms with E-state index in [1.54, 1.807) is 4.68 Å². The first kappa shape index (κ1) is 15.0. The van der Waals surface area contributed by atoms with Crippen molar-refractivity contribution in [3.8, 4) is 12.1 Å². The van der Waals surface area contributed by atoms with Gasteiger partial charge in [-0.15, -0.1) is 11.3 Å². The topological polar surface area (TPSA) is 78.3 Å². The third-order valence-corrected chi connectivity index (χ3v) is 4.45. The van der Waals surface area contributed by atoms with Crippen LogP contribution in [0.2, 0.25) is 0 Å². The largest absolute Gasteiger partial charge is 0.271 e. The van der Waals surface area contributed by atoms with Crippen LogP contribution in [-0.2, 0) is 6.54 Å². The quantitative estimate of drug-likeness (QED) is 0.686. The van der Waals surface area contributed by atoms with Crippen LogP contribution in [-0.4, -0.2) is 14.8 Å². The molecule has 0 fully saturated rings. The summed E-state index contributed by atoms with van der Waals surface area (Å²) in [5, 5.41) is 23.2. The van der Waals surface area contributed by atoms with Gasteiger partial charge >= 0.3 is 0 Å². The summed E-state index contributed by atoms with van der Waals surface area (Å²) in [6.07, 6.45) is 4.08. The Balaban J connectivity index is 1.97. The van der Waals surface area contributed by atoms with Crippen molar-refractivity contribution < 1.29 is 0 Å². The molecule has 0 N–H and O–H groups in total. The minimum absolute atomic E-state index is 0.410. The molecule has 6 heteroatoms. The van der Waals surface area contributed by atoms with Gasteiger partial charge in [0.2, 0.25) is 0 Å². The van der Waals surface area contributed by atoms with Gasteiger partial charge in [-0.05, 0) is 25.1 Å². The van der Waals surface area contributed by atoms with Crippen LogP contribution in [0.5, 0.6) is 0 Å². The molecule has 0 amide bonds. The fourth-order valence-electron chi connectivity index (χ4n) is 2.24. The zero-order valence-corrected chi connectivity index (χ0v) is 13.3. The van der Waals surface area contributed by atoms with Crippen molar-refractivity contribution in [2.45, 2.75) is 19.9 Å². The summed E-state index contributed by atoms with van der Waals surface area (Å²) < 4.78 is 2.79. The first-order valence-corrected chi connectivity index (χ1v) is 7.91. The molecule has 1 aromatic carbocycles. The normalized spacial score (nSPS) is 11.3. The smallest absolute Gasteiger partial charge is 0.135 e. The molecule has 0 aliphatic carbocycles. The van der Waals surface area contributed by atoms with Gasteiger partial charge in [-0.2, -0.15) is 15.6 Å². The number of hydrogen-bond acceptors (Lipinski definition) is 5. The van der Waals surface area contributed by atoms with Crippen LogP contribution in [0.4, 0.5) is 0 Å². The van der Waals surface area contributed by atoms with Crippen LogP contribution in [0.3, 0.4) is 0 Å². The summed E-state index contributed by atoms with van der Waals surface area (Å²) in [4.78, 5) is 4.52. The number of hydrogen-bond donors (Lipinski definition) is 0. The fraction of sp³-hybridized carbons (Fsp3) is 0.176. The zero-order valence-electron chi connectivity index (χ0n) is 12.5. The third kappa shape index (κ3) is 3.13. The van der Waals surface area contributed by atoms with E-state index in [2.05, 4.69) is 22.2 Å². The number of benzene rings is 1. The number of thiazole rings is 1. The second kappa shape index (κ2) is 6.43. The van der Waals surface area contributed by atoms with Crippen LogP contribution in [0.25, 0.3) is 21.9 Å². The van der Waals surface area contributed by atoms with Gasteiger partial charge in [0.15, 0.2) is 0 Å². The van der Waals surface area contributed by atoms with Gasteiger partial charge in [0.25, 0.3) is 0 Å². The summed E-state index contributed by atoms with van der Waals surface area (Å²) in [5.41, 5.74) is 3.12. The van der Waals surface area contributed by atoms with Gasteiger partial charge in [0.05, 0.1) is 40.5 Å². The zero-order chi connectivity index (χ0) is 16.2. The van der Waals surface area contributed by atoms with E-state index in [0.29, 0.717) is 23.5 Å². The van der Waals surface area contributed by atoms with Crippen LogP contribution in [0, 0.1) is 29.6 Å². The highest BCUT2D eigenvalue weighted by molar-refractivity contribution is 7.19. The minimum Gasteiger partial charge on any atom is -0.271 e. The van der Waals surface area contributed by atoms with E-state index in [0.717, 1.165) is 21.5 Å². The number of fused-ring (bicyclic) bond motifs is 1. The summed E-state index contributed by atoms with van der Waals surface area (Å²) in [6, 6.07) is 12.2. The van der Waals surface area contributed by atoms with Crippen LogP contribution >= 0.6 is 11.3 Å². The molecule has 0 aliphatic rings. The van der Waals surface area contributed by atoms with E-state index in [4.69, 9.17) is 5.26 Å². The Kier molecular flexibility index (Phi) is 4.18. The standard InChI is InChI=1S/C17H13N5S/c1-12-14(11-22(21-12)8-4-7-18)9-13(10-19)17-20-15-5-2-3-6-16(15)23-17/h2-3,5-6,9,11H,4,8H2,1H3/b13-9+. The Hall–Kier alpha value is -2.96. The molecule has 0 bridgehead atoms. The number of aromatic nitrogens is 3. The lowest BCUT2D eigenvalue weighted by Crippen LogP contribution is -1.97. The predicted octanol–water partition coefficient (Wildman–Crippen LogP) is 3.78. The highest BCUT2D eigenvalue weighted by Gasteiger charge is 2.10. The van der Waals surface area contributed by atoms with E-state index >= 15 is 0 Å². The lowest BCUT2D eigenvalue weighted by molar-refractivity contribution is 0.622. The molecule has 3 rings (SSSR count). The Morgan fingerprint density at radius 1 is 1.35 bits per heavy atom. The maximum atomic E-state index is 9.48. The molecule has 112 valence electrons. The predicted molar refractivity (Wildman–Crippen MR) is 90.3 cm³/mol. The van der Waals surface area contributed by atoms with Gasteiger partial charge in [-0.25, -0.2) is 4.98 Å². The van der Waals surface area contributed by atoms with Gasteiger partial charge in [-0.1, -0.05) is 12.1 Å². The van der Waals surface area contributed by atoms with Gasteiger partial charge < -0.3 is 0 Å². The average Bonchev–Trinajstić information content (AvgIpc) is 3.13. The van der Waals surface area contributed by atoms with E-state index in [1.807, 2.05) is 43.5 Å². The van der Waals surface area contributed by atoms with Crippen molar-refractivity contribution in [2.75, 3.05) is 0 Å². The van der Waals surface area contributed by atoms with E-state index in [-0.39, 0.29) is 0 Å². The van der Waals surface area contributed by atoms with Crippen molar-refractivity contribution in [1.29, 1.82) is 10.5 Å². The number of nitrogens with zero attached hydrogens (tertiary/aromatic N) is 5. The van der Waals surface area contributed by atoms with E-state index in [1.165, 1.54) is 11.3 Å². The molecule has 3 aromatic rings. The first-order chi connectivity index (χ1) is 11.2. The van der Waals surface area contributed by atoms with Crippen molar-refractivity contribution >= 4 is 33.2 Å². The number of aryl methyl sites for hydroxylation is 2. The highest BCUT2D eigenvalue weighted by Crippen LogP contribution is 2.28. The summed E-state index contributed by atoms with van der Waals surface area (Å²) in [6.45, 7) is 2.44. The van der Waals surface area contributed by atoms with Crippen molar-refractivity contribution in [3.63, 3.8) is 0 Å². The molecule has 0 aliphatic heterocycles. The fourth-order valence-corrected chi connectivity index (χ4v) is 3.17. The molecular formula is C17H13N5S. The minimum atomic E-state index is 0.410. The molecule has 0 saturated heterocycles. The summed E-state index contributed by atoms with van der Waals surface area (Å²) in [5.74, 6) is 0. The maximum Gasteiger partial charge on any atom is 0.135 e. The summed E-state index contributed by atoms with van der Waals surface area (Å²) in [7, 11) is 0. The Morgan fingerprint density at radius 3 is 2.91 bits per heavy atom. The van der Waals surface area contributed by atoms with Crippen LogP contribution in [0.15, 0.2) is 30.5 Å². The van der Waals surface area contributed by atoms with Crippen LogP contribution < -0.4 is 0 Å². The number of para-hydroxylation sites is 1. The van der Waals surface area contributed by atoms with Crippen molar-refractivity contribution in [1.82, 2.24) is 14.8 Å². The lowest BCUT2D eigenvalue weighted by Gasteiger charge is -1.93. The second-order valence-electron chi connectivity index (χ2n) is 5.00.